The lowest BCUT2D eigenvalue weighted by atomic mass is 9.97. The van der Waals surface area contributed by atoms with Crippen LogP contribution in [0, 0.1) is 5.82 Å². The third-order valence-corrected chi connectivity index (χ3v) is 5.54. The van der Waals surface area contributed by atoms with Gasteiger partial charge in [-0.1, -0.05) is 12.1 Å². The summed E-state index contributed by atoms with van der Waals surface area (Å²) in [4.78, 5) is 7.22. The molecule has 6 nitrogen and oxygen atoms in total. The van der Waals surface area contributed by atoms with Gasteiger partial charge in [-0.3, -0.25) is 9.58 Å². The standard InChI is InChI=1S/C22H23FN6/c1-27-12-16(11-24-27)13-28-9-3-5-19(14-28)22-25-21-8-7-18(15-29(21)26-22)17-4-2-6-20(23)10-17/h2,4,6-8,10-12,15,19H,3,5,9,13-14H2,1H3/t19-/m0/s1. The number of piperidine rings is 1. The van der Waals surface area contributed by atoms with Gasteiger partial charge in [-0.05, 0) is 49.2 Å². The smallest absolute Gasteiger partial charge is 0.156 e. The van der Waals surface area contributed by atoms with Gasteiger partial charge in [0.15, 0.2) is 11.5 Å². The average Bonchev–Trinajstić information content (AvgIpc) is 3.33. The van der Waals surface area contributed by atoms with Gasteiger partial charge in [0.25, 0.3) is 0 Å². The van der Waals surface area contributed by atoms with E-state index in [-0.39, 0.29) is 5.82 Å². The number of nitrogens with zero attached hydrogens (tertiary/aromatic N) is 6. The molecule has 148 valence electrons. The van der Waals surface area contributed by atoms with E-state index in [4.69, 9.17) is 10.1 Å². The SMILES string of the molecule is Cn1cc(CN2CCC[C@H](c3nc4ccc(-c5cccc(F)c5)cn4n3)C2)cn1. The van der Waals surface area contributed by atoms with Crippen LogP contribution in [0.5, 0.6) is 0 Å². The van der Waals surface area contributed by atoms with Crippen molar-refractivity contribution < 1.29 is 4.39 Å². The van der Waals surface area contributed by atoms with Crippen LogP contribution < -0.4 is 0 Å². The molecule has 1 aliphatic heterocycles. The van der Waals surface area contributed by atoms with Gasteiger partial charge in [-0.15, -0.1) is 0 Å². The number of hydrogen-bond acceptors (Lipinski definition) is 4. The van der Waals surface area contributed by atoms with E-state index in [1.807, 2.05) is 46.8 Å². The van der Waals surface area contributed by atoms with Crippen LogP contribution in [-0.4, -0.2) is 42.4 Å². The van der Waals surface area contributed by atoms with Gasteiger partial charge >= 0.3 is 0 Å². The van der Waals surface area contributed by atoms with E-state index in [2.05, 4.69) is 16.2 Å². The number of rotatable bonds is 4. The Bertz CT molecular complexity index is 1150. The number of aromatic nitrogens is 5. The summed E-state index contributed by atoms with van der Waals surface area (Å²) in [5.41, 5.74) is 3.82. The molecule has 0 unspecified atom stereocenters. The summed E-state index contributed by atoms with van der Waals surface area (Å²) >= 11 is 0. The first kappa shape index (κ1) is 18.0. The third kappa shape index (κ3) is 3.78. The maximum atomic E-state index is 13.6. The van der Waals surface area contributed by atoms with Gasteiger partial charge in [-0.25, -0.2) is 13.9 Å². The number of benzene rings is 1. The molecule has 0 bridgehead atoms. The lowest BCUT2D eigenvalue weighted by molar-refractivity contribution is 0.196. The number of likely N-dealkylation sites (tertiary alicyclic amines) is 1. The molecule has 0 N–H and O–H groups in total. The van der Waals surface area contributed by atoms with E-state index in [1.165, 1.54) is 17.7 Å². The summed E-state index contributed by atoms with van der Waals surface area (Å²) in [6.45, 7) is 2.94. The Balaban J connectivity index is 1.37. The molecule has 5 rings (SSSR count). The second-order valence-corrected chi connectivity index (χ2v) is 7.80. The molecule has 0 saturated carbocycles. The highest BCUT2D eigenvalue weighted by Crippen LogP contribution is 2.27. The molecule has 1 fully saturated rings. The van der Waals surface area contributed by atoms with Crippen molar-refractivity contribution in [3.8, 4) is 11.1 Å². The fourth-order valence-electron chi connectivity index (χ4n) is 4.13. The van der Waals surface area contributed by atoms with Crippen molar-refractivity contribution in [3.05, 3.63) is 72.2 Å². The van der Waals surface area contributed by atoms with Gasteiger partial charge in [0.1, 0.15) is 5.82 Å². The topological polar surface area (TPSA) is 51.2 Å². The number of pyridine rings is 1. The van der Waals surface area contributed by atoms with Crippen LogP contribution in [0.2, 0.25) is 0 Å². The summed E-state index contributed by atoms with van der Waals surface area (Å²) in [5.74, 6) is 0.966. The molecule has 4 aromatic rings. The predicted octanol–water partition coefficient (Wildman–Crippen LogP) is 3.65. The summed E-state index contributed by atoms with van der Waals surface area (Å²) in [6.07, 6.45) is 8.16. The van der Waals surface area contributed by atoms with Gasteiger partial charge < -0.3 is 0 Å². The maximum absolute atomic E-state index is 13.6. The minimum atomic E-state index is -0.238. The van der Waals surface area contributed by atoms with Gasteiger partial charge in [0.05, 0.1) is 6.20 Å². The Morgan fingerprint density at radius 3 is 2.90 bits per heavy atom. The molecule has 4 heterocycles. The highest BCUT2D eigenvalue weighted by molar-refractivity contribution is 5.64. The fraction of sp³-hybridized carbons (Fsp3) is 0.318. The van der Waals surface area contributed by atoms with Crippen molar-refractivity contribution in [2.75, 3.05) is 13.1 Å². The maximum Gasteiger partial charge on any atom is 0.156 e. The largest absolute Gasteiger partial charge is 0.298 e. The van der Waals surface area contributed by atoms with Crippen LogP contribution in [0.4, 0.5) is 4.39 Å². The minimum Gasteiger partial charge on any atom is -0.298 e. The van der Waals surface area contributed by atoms with Crippen molar-refractivity contribution in [1.82, 2.24) is 29.3 Å². The lowest BCUT2D eigenvalue weighted by Gasteiger charge is -2.30. The van der Waals surface area contributed by atoms with Gasteiger partial charge in [0, 0.05) is 49.6 Å². The molecular formula is C22H23FN6. The Kier molecular flexibility index (Phi) is 4.60. The first-order valence-electron chi connectivity index (χ1n) is 9.96. The van der Waals surface area contributed by atoms with Crippen molar-refractivity contribution >= 4 is 5.65 Å². The number of aryl methyl sites for hydroxylation is 1. The van der Waals surface area contributed by atoms with Crippen LogP contribution >= 0.6 is 0 Å². The zero-order valence-corrected chi connectivity index (χ0v) is 16.4. The zero-order valence-electron chi connectivity index (χ0n) is 16.4. The van der Waals surface area contributed by atoms with E-state index in [1.54, 1.807) is 6.07 Å². The van der Waals surface area contributed by atoms with E-state index in [0.29, 0.717) is 5.92 Å². The fourth-order valence-corrected chi connectivity index (χ4v) is 4.13. The molecule has 0 amide bonds. The highest BCUT2D eigenvalue weighted by Gasteiger charge is 2.25. The summed E-state index contributed by atoms with van der Waals surface area (Å²) in [7, 11) is 1.95. The molecule has 29 heavy (non-hydrogen) atoms. The van der Waals surface area contributed by atoms with E-state index in [0.717, 1.165) is 55.1 Å². The van der Waals surface area contributed by atoms with Gasteiger partial charge in [0.2, 0.25) is 0 Å². The summed E-state index contributed by atoms with van der Waals surface area (Å²) in [6, 6.07) is 10.5. The zero-order chi connectivity index (χ0) is 19.8. The molecule has 0 spiro atoms. The monoisotopic (exact) mass is 390 g/mol. The van der Waals surface area contributed by atoms with Crippen molar-refractivity contribution in [3.63, 3.8) is 0 Å². The molecule has 7 heteroatoms. The summed E-state index contributed by atoms with van der Waals surface area (Å²) in [5, 5.41) is 9.02. The van der Waals surface area contributed by atoms with Crippen molar-refractivity contribution in [2.45, 2.75) is 25.3 Å². The van der Waals surface area contributed by atoms with Crippen molar-refractivity contribution in [1.29, 1.82) is 0 Å². The summed E-state index contributed by atoms with van der Waals surface area (Å²) < 4.78 is 17.2. The van der Waals surface area contributed by atoms with Crippen molar-refractivity contribution in [2.24, 2.45) is 7.05 Å². The van der Waals surface area contributed by atoms with E-state index < -0.39 is 0 Å². The molecule has 1 aliphatic rings. The van der Waals surface area contributed by atoms with Crippen LogP contribution in [0.1, 0.15) is 30.1 Å². The van der Waals surface area contributed by atoms with E-state index >= 15 is 0 Å². The Morgan fingerprint density at radius 1 is 1.14 bits per heavy atom. The molecule has 0 aliphatic carbocycles. The molecule has 1 atom stereocenters. The highest BCUT2D eigenvalue weighted by atomic mass is 19.1. The quantitative estimate of drug-likeness (QED) is 0.534. The molecule has 1 saturated heterocycles. The first-order chi connectivity index (χ1) is 14.1. The molecular weight excluding hydrogens is 367 g/mol. The first-order valence-corrected chi connectivity index (χ1v) is 9.96. The van der Waals surface area contributed by atoms with Crippen LogP contribution in [0.25, 0.3) is 16.8 Å². The minimum absolute atomic E-state index is 0.238. The second kappa shape index (κ2) is 7.40. The Labute approximate surface area is 168 Å². The van der Waals surface area contributed by atoms with Crippen LogP contribution in [-0.2, 0) is 13.6 Å². The van der Waals surface area contributed by atoms with E-state index in [9.17, 15) is 4.39 Å². The number of fused-ring (bicyclic) bond motifs is 1. The normalized spacial score (nSPS) is 17.8. The number of hydrogen-bond donors (Lipinski definition) is 0. The molecule has 3 aromatic heterocycles. The average molecular weight is 390 g/mol. The second-order valence-electron chi connectivity index (χ2n) is 7.80. The van der Waals surface area contributed by atoms with Crippen LogP contribution in [0.15, 0.2) is 55.0 Å². The molecule has 1 aromatic carbocycles. The predicted molar refractivity (Wildman–Crippen MR) is 109 cm³/mol. The number of halogens is 1. The lowest BCUT2D eigenvalue weighted by Crippen LogP contribution is -2.34. The third-order valence-electron chi connectivity index (χ3n) is 5.54. The Hall–Kier alpha value is -3.06. The van der Waals surface area contributed by atoms with Crippen LogP contribution in [0.3, 0.4) is 0 Å². The van der Waals surface area contributed by atoms with Gasteiger partial charge in [-0.2, -0.15) is 10.2 Å². The Morgan fingerprint density at radius 2 is 2.07 bits per heavy atom. The molecule has 0 radical (unpaired) electrons.